The van der Waals surface area contributed by atoms with Gasteiger partial charge in [0.25, 0.3) is 0 Å². The van der Waals surface area contributed by atoms with Crippen LogP contribution in [0.5, 0.6) is 0 Å². The van der Waals surface area contributed by atoms with Crippen LogP contribution < -0.4 is 10.2 Å². The molecule has 2 aliphatic rings. The molecule has 0 spiro atoms. The molecule has 90 valence electrons. The Labute approximate surface area is 102 Å². The lowest BCUT2D eigenvalue weighted by atomic mass is 10.0. The second kappa shape index (κ2) is 4.15. The number of benzene rings is 1. The second-order valence-electron chi connectivity index (χ2n) is 4.97. The Morgan fingerprint density at radius 3 is 2.71 bits per heavy atom. The van der Waals surface area contributed by atoms with E-state index in [1.54, 1.807) is 0 Å². The Morgan fingerprint density at radius 1 is 1.24 bits per heavy atom. The number of anilines is 1. The smallest absolute Gasteiger partial charge is 0.234 e. The number of hydrogen-bond donors (Lipinski definition) is 1. The molecule has 3 heteroatoms. The molecule has 1 amide bonds. The summed E-state index contributed by atoms with van der Waals surface area (Å²) in [5.41, 5.74) is 2.33. The standard InChI is InChI=1S/C14H18N2O/c1-10-12-4-2-3-5-13(12)16(14(10)17)11-6-8-15-9-7-11/h2-5,10-11,15H,6-9H2,1H3. The van der Waals surface area contributed by atoms with Crippen LogP contribution in [-0.4, -0.2) is 25.0 Å². The highest BCUT2D eigenvalue weighted by molar-refractivity contribution is 6.05. The van der Waals surface area contributed by atoms with Gasteiger partial charge in [-0.25, -0.2) is 0 Å². The predicted octanol–water partition coefficient (Wildman–Crippen LogP) is 1.89. The lowest BCUT2D eigenvalue weighted by molar-refractivity contribution is -0.119. The number of hydrogen-bond acceptors (Lipinski definition) is 2. The fourth-order valence-electron chi connectivity index (χ4n) is 2.97. The minimum absolute atomic E-state index is 0.0288. The summed E-state index contributed by atoms with van der Waals surface area (Å²) in [6, 6.07) is 8.60. The molecule has 1 aromatic rings. The lowest BCUT2D eigenvalue weighted by Gasteiger charge is -2.32. The first-order chi connectivity index (χ1) is 8.29. The molecule has 1 N–H and O–H groups in total. The third-order valence-corrected chi connectivity index (χ3v) is 3.94. The van der Waals surface area contributed by atoms with Gasteiger partial charge in [-0.1, -0.05) is 18.2 Å². The fourth-order valence-corrected chi connectivity index (χ4v) is 2.97. The van der Waals surface area contributed by atoms with E-state index in [1.165, 1.54) is 5.56 Å². The van der Waals surface area contributed by atoms with Gasteiger partial charge >= 0.3 is 0 Å². The van der Waals surface area contributed by atoms with Crippen LogP contribution in [0.15, 0.2) is 24.3 Å². The summed E-state index contributed by atoms with van der Waals surface area (Å²) in [5.74, 6) is 0.305. The minimum atomic E-state index is 0.0288. The zero-order chi connectivity index (χ0) is 11.8. The first-order valence-electron chi connectivity index (χ1n) is 6.42. The van der Waals surface area contributed by atoms with E-state index < -0.39 is 0 Å². The van der Waals surface area contributed by atoms with Crippen molar-refractivity contribution in [1.82, 2.24) is 5.32 Å². The molecule has 0 bridgehead atoms. The average molecular weight is 230 g/mol. The molecule has 1 aromatic carbocycles. The van der Waals surface area contributed by atoms with Gasteiger partial charge in [0.1, 0.15) is 0 Å². The van der Waals surface area contributed by atoms with Crippen molar-refractivity contribution in [1.29, 1.82) is 0 Å². The summed E-state index contributed by atoms with van der Waals surface area (Å²) in [7, 11) is 0. The number of piperidine rings is 1. The molecule has 3 rings (SSSR count). The van der Waals surface area contributed by atoms with E-state index in [0.717, 1.165) is 31.6 Å². The van der Waals surface area contributed by atoms with Crippen molar-refractivity contribution in [2.75, 3.05) is 18.0 Å². The van der Waals surface area contributed by atoms with Gasteiger partial charge in [0, 0.05) is 11.7 Å². The maximum absolute atomic E-state index is 12.4. The summed E-state index contributed by atoms with van der Waals surface area (Å²) in [5, 5.41) is 3.35. The van der Waals surface area contributed by atoms with Crippen LogP contribution in [-0.2, 0) is 4.79 Å². The molecule has 3 nitrogen and oxygen atoms in total. The van der Waals surface area contributed by atoms with E-state index in [2.05, 4.69) is 17.4 Å². The van der Waals surface area contributed by atoms with Crippen molar-refractivity contribution in [3.8, 4) is 0 Å². The van der Waals surface area contributed by atoms with Crippen LogP contribution in [0.3, 0.4) is 0 Å². The van der Waals surface area contributed by atoms with Crippen LogP contribution in [0.4, 0.5) is 5.69 Å². The van der Waals surface area contributed by atoms with Gasteiger partial charge in [-0.2, -0.15) is 0 Å². The molecule has 2 aliphatic heterocycles. The molecule has 1 saturated heterocycles. The molecule has 0 radical (unpaired) electrons. The Kier molecular flexibility index (Phi) is 2.63. The van der Waals surface area contributed by atoms with Crippen molar-refractivity contribution in [2.24, 2.45) is 0 Å². The van der Waals surface area contributed by atoms with E-state index in [1.807, 2.05) is 24.0 Å². The number of fused-ring (bicyclic) bond motifs is 1. The largest absolute Gasteiger partial charge is 0.317 e. The molecule has 17 heavy (non-hydrogen) atoms. The Morgan fingerprint density at radius 2 is 1.94 bits per heavy atom. The molecule has 1 fully saturated rings. The van der Waals surface area contributed by atoms with Gasteiger partial charge in [0.05, 0.1) is 5.92 Å². The maximum atomic E-state index is 12.4. The van der Waals surface area contributed by atoms with E-state index in [4.69, 9.17) is 0 Å². The fraction of sp³-hybridized carbons (Fsp3) is 0.500. The SMILES string of the molecule is CC1C(=O)N(C2CCNCC2)c2ccccc21. The van der Waals surface area contributed by atoms with Gasteiger partial charge in [0.15, 0.2) is 0 Å². The van der Waals surface area contributed by atoms with Crippen LogP contribution >= 0.6 is 0 Å². The molecular formula is C14H18N2O. The van der Waals surface area contributed by atoms with Crippen molar-refractivity contribution in [2.45, 2.75) is 31.7 Å². The Hall–Kier alpha value is -1.35. The Balaban J connectivity index is 1.97. The molecule has 1 atom stereocenters. The number of rotatable bonds is 1. The molecular weight excluding hydrogens is 212 g/mol. The highest BCUT2D eigenvalue weighted by atomic mass is 16.2. The van der Waals surface area contributed by atoms with Crippen LogP contribution in [0.1, 0.15) is 31.2 Å². The molecule has 0 aromatic heterocycles. The average Bonchev–Trinajstić information content (AvgIpc) is 2.64. The predicted molar refractivity (Wildman–Crippen MR) is 68.2 cm³/mol. The van der Waals surface area contributed by atoms with E-state index in [9.17, 15) is 4.79 Å². The first kappa shape index (κ1) is 10.8. The molecule has 1 unspecified atom stereocenters. The van der Waals surface area contributed by atoms with Crippen LogP contribution in [0.2, 0.25) is 0 Å². The van der Waals surface area contributed by atoms with Crippen LogP contribution in [0, 0.1) is 0 Å². The van der Waals surface area contributed by atoms with Gasteiger partial charge < -0.3 is 10.2 Å². The number of nitrogens with zero attached hydrogens (tertiary/aromatic N) is 1. The summed E-state index contributed by atoms with van der Waals surface area (Å²) in [4.78, 5) is 14.4. The number of carbonyl (C=O) groups is 1. The van der Waals surface area contributed by atoms with Crippen molar-refractivity contribution < 1.29 is 4.79 Å². The van der Waals surface area contributed by atoms with Gasteiger partial charge in [-0.15, -0.1) is 0 Å². The van der Waals surface area contributed by atoms with E-state index in [-0.39, 0.29) is 11.8 Å². The summed E-state index contributed by atoms with van der Waals surface area (Å²) < 4.78 is 0. The topological polar surface area (TPSA) is 32.3 Å². The Bertz CT molecular complexity index is 438. The van der Waals surface area contributed by atoms with Gasteiger partial charge in [0.2, 0.25) is 5.91 Å². The van der Waals surface area contributed by atoms with Crippen molar-refractivity contribution >= 4 is 11.6 Å². The minimum Gasteiger partial charge on any atom is -0.317 e. The molecule has 0 saturated carbocycles. The number of para-hydroxylation sites is 1. The van der Waals surface area contributed by atoms with Crippen molar-refractivity contribution in [3.63, 3.8) is 0 Å². The first-order valence-corrected chi connectivity index (χ1v) is 6.42. The maximum Gasteiger partial charge on any atom is 0.234 e. The van der Waals surface area contributed by atoms with Gasteiger partial charge in [-0.05, 0) is 44.5 Å². The second-order valence-corrected chi connectivity index (χ2v) is 4.97. The number of nitrogens with one attached hydrogen (secondary N) is 1. The lowest BCUT2D eigenvalue weighted by Crippen LogP contribution is -2.45. The number of amides is 1. The molecule has 0 aliphatic carbocycles. The highest BCUT2D eigenvalue weighted by Gasteiger charge is 2.38. The third-order valence-electron chi connectivity index (χ3n) is 3.94. The molecule has 2 heterocycles. The van der Waals surface area contributed by atoms with E-state index >= 15 is 0 Å². The normalized spacial score (nSPS) is 25.1. The van der Waals surface area contributed by atoms with Gasteiger partial charge in [-0.3, -0.25) is 4.79 Å². The van der Waals surface area contributed by atoms with Crippen molar-refractivity contribution in [3.05, 3.63) is 29.8 Å². The zero-order valence-electron chi connectivity index (χ0n) is 10.1. The summed E-state index contributed by atoms with van der Waals surface area (Å²) in [6.07, 6.45) is 2.12. The third kappa shape index (κ3) is 1.65. The zero-order valence-corrected chi connectivity index (χ0v) is 10.1. The summed E-state index contributed by atoms with van der Waals surface area (Å²) >= 11 is 0. The quantitative estimate of drug-likeness (QED) is 0.799. The highest BCUT2D eigenvalue weighted by Crippen LogP contribution is 2.39. The van der Waals surface area contributed by atoms with Crippen LogP contribution in [0.25, 0.3) is 0 Å². The van der Waals surface area contributed by atoms with E-state index in [0.29, 0.717) is 6.04 Å². The number of carbonyl (C=O) groups excluding carboxylic acids is 1. The monoisotopic (exact) mass is 230 g/mol. The summed E-state index contributed by atoms with van der Waals surface area (Å²) in [6.45, 7) is 4.05.